The van der Waals surface area contributed by atoms with E-state index in [9.17, 15) is 5.26 Å². The smallest absolute Gasteiger partial charge is 0.290 e. The number of hydrogen-bond donors (Lipinski definition) is 2. The third-order valence-electron chi connectivity index (χ3n) is 3.63. The molecule has 1 aromatic carbocycles. The summed E-state index contributed by atoms with van der Waals surface area (Å²) in [4.78, 5) is 13.9. The molecule has 6 nitrogen and oxygen atoms in total. The quantitative estimate of drug-likeness (QED) is 0.637. The lowest BCUT2D eigenvalue weighted by molar-refractivity contribution is -0.122. The van der Waals surface area contributed by atoms with Crippen molar-refractivity contribution in [1.29, 1.82) is 5.26 Å². The zero-order valence-electron chi connectivity index (χ0n) is 13.2. The molecule has 3 N–H and O–H groups in total. The average Bonchev–Trinajstić information content (AvgIpc) is 2.61. The number of nitriles is 1. The second-order valence-electron chi connectivity index (χ2n) is 4.92. The highest BCUT2D eigenvalue weighted by Crippen LogP contribution is 2.35. The van der Waals surface area contributed by atoms with Crippen molar-refractivity contribution in [3.63, 3.8) is 0 Å². The average molecular weight is 343 g/mol. The number of benzene rings is 1. The van der Waals surface area contributed by atoms with Crippen LogP contribution in [0.15, 0.2) is 29.2 Å². The standard InChI is InChI=1S/C16H15N3OS.CH2O2/c1-21-11-4-2-10(3-5-11)15-12(8-17)16(18)19-14-6-7-20-9-13(14)15;2-1-3/h2-5H,6-7,9H2,1H3,(H2,18,19);1H,(H,2,3). The van der Waals surface area contributed by atoms with Gasteiger partial charge in [0.1, 0.15) is 17.5 Å². The Hall–Kier alpha value is -2.56. The van der Waals surface area contributed by atoms with Gasteiger partial charge >= 0.3 is 0 Å². The zero-order valence-corrected chi connectivity index (χ0v) is 14.0. The van der Waals surface area contributed by atoms with Crippen LogP contribution >= 0.6 is 11.8 Å². The molecule has 0 unspecified atom stereocenters. The number of anilines is 1. The third kappa shape index (κ3) is 3.67. The number of fused-ring (bicyclic) bond motifs is 1. The van der Waals surface area contributed by atoms with Crippen LogP contribution in [-0.4, -0.2) is 29.4 Å². The van der Waals surface area contributed by atoms with Crippen molar-refractivity contribution in [2.75, 3.05) is 18.6 Å². The van der Waals surface area contributed by atoms with Crippen molar-refractivity contribution >= 4 is 24.1 Å². The summed E-state index contributed by atoms with van der Waals surface area (Å²) >= 11 is 1.69. The van der Waals surface area contributed by atoms with Gasteiger partial charge < -0.3 is 15.6 Å². The number of nitrogen functional groups attached to an aromatic ring is 1. The largest absolute Gasteiger partial charge is 0.483 e. The topological polar surface area (TPSA) is 109 Å². The molecule has 0 bridgehead atoms. The number of thioether (sulfide) groups is 1. The van der Waals surface area contributed by atoms with E-state index in [0.29, 0.717) is 24.6 Å². The second kappa shape index (κ2) is 8.34. The van der Waals surface area contributed by atoms with Crippen LogP contribution < -0.4 is 5.73 Å². The molecule has 0 fully saturated rings. The summed E-state index contributed by atoms with van der Waals surface area (Å²) < 4.78 is 5.55. The molecule has 0 saturated heterocycles. The minimum atomic E-state index is -0.250. The normalized spacial score (nSPS) is 12.3. The van der Waals surface area contributed by atoms with E-state index in [-0.39, 0.29) is 6.47 Å². The molecule has 3 rings (SSSR count). The molecule has 1 aromatic heterocycles. The lowest BCUT2D eigenvalue weighted by atomic mass is 9.93. The van der Waals surface area contributed by atoms with Gasteiger partial charge in [-0.2, -0.15) is 5.26 Å². The van der Waals surface area contributed by atoms with Crippen molar-refractivity contribution in [2.45, 2.75) is 17.9 Å². The maximum absolute atomic E-state index is 9.45. The molecule has 7 heteroatoms. The fraction of sp³-hybridized carbons (Fsp3) is 0.235. The predicted octanol–water partition coefficient (Wildman–Crippen LogP) is 2.70. The minimum Gasteiger partial charge on any atom is -0.483 e. The number of nitrogens with two attached hydrogens (primary N) is 1. The number of ether oxygens (including phenoxy) is 1. The van der Waals surface area contributed by atoms with Gasteiger partial charge in [0.15, 0.2) is 0 Å². The summed E-state index contributed by atoms with van der Waals surface area (Å²) in [5.41, 5.74) is 10.2. The second-order valence-corrected chi connectivity index (χ2v) is 5.80. The van der Waals surface area contributed by atoms with Crippen LogP contribution in [0, 0.1) is 11.3 Å². The molecule has 2 aromatic rings. The van der Waals surface area contributed by atoms with E-state index in [4.69, 9.17) is 20.4 Å². The molecule has 0 radical (unpaired) electrons. The zero-order chi connectivity index (χ0) is 17.5. The molecular formula is C17H17N3O3S. The third-order valence-corrected chi connectivity index (χ3v) is 4.38. The van der Waals surface area contributed by atoms with Crippen molar-refractivity contribution in [1.82, 2.24) is 4.98 Å². The lowest BCUT2D eigenvalue weighted by Crippen LogP contribution is -2.16. The SMILES string of the molecule is CSc1ccc(-c2c(C#N)c(N)nc3c2COCC3)cc1.O=CO. The molecular weight excluding hydrogens is 326 g/mol. The van der Waals surface area contributed by atoms with Gasteiger partial charge in [-0.25, -0.2) is 4.98 Å². The van der Waals surface area contributed by atoms with Gasteiger partial charge in [0, 0.05) is 22.4 Å². The van der Waals surface area contributed by atoms with Crippen molar-refractivity contribution in [2.24, 2.45) is 0 Å². The van der Waals surface area contributed by atoms with Crippen LogP contribution in [0.3, 0.4) is 0 Å². The lowest BCUT2D eigenvalue weighted by Gasteiger charge is -2.21. The summed E-state index contributed by atoms with van der Waals surface area (Å²) in [6, 6.07) is 10.3. The Balaban J connectivity index is 0.000000647. The molecule has 124 valence electrons. The van der Waals surface area contributed by atoms with Gasteiger partial charge in [-0.1, -0.05) is 12.1 Å². The monoisotopic (exact) mass is 343 g/mol. The Bertz CT molecular complexity index is 770. The van der Waals surface area contributed by atoms with Crippen molar-refractivity contribution < 1.29 is 14.6 Å². The fourth-order valence-corrected chi connectivity index (χ4v) is 3.00. The Morgan fingerprint density at radius 1 is 1.42 bits per heavy atom. The minimum absolute atomic E-state index is 0.250. The van der Waals surface area contributed by atoms with Crippen LogP contribution in [0.5, 0.6) is 0 Å². The van der Waals surface area contributed by atoms with Crippen LogP contribution in [0.1, 0.15) is 16.8 Å². The van der Waals surface area contributed by atoms with Gasteiger partial charge in [-0.3, -0.25) is 4.79 Å². The van der Waals surface area contributed by atoms with Gasteiger partial charge in [0.2, 0.25) is 0 Å². The maximum Gasteiger partial charge on any atom is 0.290 e. The summed E-state index contributed by atoms with van der Waals surface area (Å²) in [6.07, 6.45) is 2.77. The molecule has 0 spiro atoms. The van der Waals surface area contributed by atoms with E-state index in [1.807, 2.05) is 30.5 Å². The molecule has 0 saturated carbocycles. The Morgan fingerprint density at radius 2 is 2.08 bits per heavy atom. The van der Waals surface area contributed by atoms with E-state index in [1.165, 1.54) is 4.90 Å². The van der Waals surface area contributed by atoms with Crippen molar-refractivity contribution in [3.8, 4) is 17.2 Å². The highest BCUT2D eigenvalue weighted by Gasteiger charge is 2.22. The Morgan fingerprint density at radius 3 is 2.67 bits per heavy atom. The molecule has 2 heterocycles. The van der Waals surface area contributed by atoms with Crippen LogP contribution in [-0.2, 0) is 22.6 Å². The van der Waals surface area contributed by atoms with Gasteiger partial charge in [-0.05, 0) is 24.0 Å². The summed E-state index contributed by atoms with van der Waals surface area (Å²) in [6.45, 7) is 0.882. The number of aromatic nitrogens is 1. The number of carboxylic acid groups (broad SMARTS) is 1. The first-order valence-corrected chi connectivity index (χ1v) is 8.40. The van der Waals surface area contributed by atoms with Crippen LogP contribution in [0.2, 0.25) is 0 Å². The molecule has 24 heavy (non-hydrogen) atoms. The van der Waals surface area contributed by atoms with E-state index in [1.54, 1.807) is 11.8 Å². The summed E-state index contributed by atoms with van der Waals surface area (Å²) in [7, 11) is 0. The molecule has 0 atom stereocenters. The summed E-state index contributed by atoms with van der Waals surface area (Å²) in [5.74, 6) is 0.307. The van der Waals surface area contributed by atoms with E-state index in [2.05, 4.69) is 11.1 Å². The number of hydrogen-bond acceptors (Lipinski definition) is 6. The Labute approximate surface area is 144 Å². The number of rotatable bonds is 2. The van der Waals surface area contributed by atoms with E-state index < -0.39 is 0 Å². The van der Waals surface area contributed by atoms with Crippen molar-refractivity contribution in [3.05, 3.63) is 41.1 Å². The van der Waals surface area contributed by atoms with E-state index >= 15 is 0 Å². The number of pyridine rings is 1. The molecule has 1 aliphatic rings. The molecule has 0 aliphatic carbocycles. The fourth-order valence-electron chi connectivity index (χ4n) is 2.59. The molecule has 0 amide bonds. The number of nitrogens with zero attached hydrogens (tertiary/aromatic N) is 2. The maximum atomic E-state index is 9.45. The highest BCUT2D eigenvalue weighted by atomic mass is 32.2. The van der Waals surface area contributed by atoms with Gasteiger partial charge in [-0.15, -0.1) is 11.8 Å². The van der Waals surface area contributed by atoms with Crippen LogP contribution in [0.4, 0.5) is 5.82 Å². The van der Waals surface area contributed by atoms with Crippen LogP contribution in [0.25, 0.3) is 11.1 Å². The first-order chi connectivity index (χ1) is 11.7. The molecule has 1 aliphatic heterocycles. The highest BCUT2D eigenvalue weighted by molar-refractivity contribution is 7.98. The number of carbonyl (C=O) groups is 1. The van der Waals surface area contributed by atoms with Gasteiger partial charge in [0.25, 0.3) is 6.47 Å². The first-order valence-electron chi connectivity index (χ1n) is 7.17. The first kappa shape index (κ1) is 17.8. The van der Waals surface area contributed by atoms with Gasteiger partial charge in [0.05, 0.1) is 18.9 Å². The van der Waals surface area contributed by atoms with E-state index in [0.717, 1.165) is 28.8 Å². The Kier molecular flexibility index (Phi) is 6.18. The summed E-state index contributed by atoms with van der Waals surface area (Å²) in [5, 5.41) is 16.3. The predicted molar refractivity (Wildman–Crippen MR) is 92.6 cm³/mol.